The van der Waals surface area contributed by atoms with Crippen molar-refractivity contribution in [2.45, 2.75) is 6.92 Å². The number of pyridine rings is 1. The summed E-state index contributed by atoms with van der Waals surface area (Å²) in [6.45, 7) is 1.91. The summed E-state index contributed by atoms with van der Waals surface area (Å²) in [7, 11) is 3.22. The van der Waals surface area contributed by atoms with Gasteiger partial charge in [0.1, 0.15) is 0 Å². The van der Waals surface area contributed by atoms with Crippen LogP contribution in [0.5, 0.6) is 0 Å². The average molecular weight is 321 g/mol. The van der Waals surface area contributed by atoms with E-state index in [1.165, 1.54) is 7.11 Å². The Hall–Kier alpha value is -3.22. The Bertz CT molecular complexity index is 1070. The number of H-pyrrole nitrogens is 1. The van der Waals surface area contributed by atoms with Gasteiger partial charge in [-0.05, 0) is 25.1 Å². The van der Waals surface area contributed by atoms with Crippen molar-refractivity contribution < 1.29 is 9.53 Å². The van der Waals surface area contributed by atoms with Crippen molar-refractivity contribution in [3.05, 3.63) is 41.7 Å². The molecule has 0 saturated heterocycles. The van der Waals surface area contributed by atoms with Crippen LogP contribution in [0.25, 0.3) is 33.2 Å². The lowest BCUT2D eigenvalue weighted by atomic mass is 10.1. The van der Waals surface area contributed by atoms with Crippen molar-refractivity contribution in [2.24, 2.45) is 7.05 Å². The molecule has 0 amide bonds. The van der Waals surface area contributed by atoms with E-state index < -0.39 is 0 Å². The molecule has 120 valence electrons. The quantitative estimate of drug-likeness (QED) is 0.574. The maximum atomic E-state index is 12.0. The predicted molar refractivity (Wildman–Crippen MR) is 89.7 cm³/mol. The van der Waals surface area contributed by atoms with E-state index in [1.807, 2.05) is 32.2 Å². The Morgan fingerprint density at radius 3 is 2.83 bits per heavy atom. The van der Waals surface area contributed by atoms with Crippen molar-refractivity contribution in [3.63, 3.8) is 0 Å². The molecule has 0 bridgehead atoms. The van der Waals surface area contributed by atoms with E-state index in [0.29, 0.717) is 5.56 Å². The van der Waals surface area contributed by atoms with E-state index in [0.717, 1.165) is 38.9 Å². The fourth-order valence-electron chi connectivity index (χ4n) is 3.08. The summed E-state index contributed by atoms with van der Waals surface area (Å²) in [5, 5.41) is 8.88. The summed E-state index contributed by atoms with van der Waals surface area (Å²) in [5.74, 6) is -0.376. The molecule has 7 nitrogen and oxygen atoms in total. The van der Waals surface area contributed by atoms with E-state index in [1.54, 1.807) is 16.9 Å². The number of esters is 1. The number of nitrogens with zero attached hydrogens (tertiary/aromatic N) is 4. The van der Waals surface area contributed by atoms with E-state index in [-0.39, 0.29) is 5.97 Å². The van der Waals surface area contributed by atoms with E-state index in [9.17, 15) is 4.79 Å². The normalized spacial score (nSPS) is 11.3. The second kappa shape index (κ2) is 5.16. The van der Waals surface area contributed by atoms with Gasteiger partial charge in [0, 0.05) is 29.7 Å². The van der Waals surface area contributed by atoms with Crippen molar-refractivity contribution >= 4 is 27.9 Å². The highest BCUT2D eigenvalue weighted by Crippen LogP contribution is 2.30. The zero-order valence-corrected chi connectivity index (χ0v) is 13.5. The standard InChI is InChI=1S/C17H15N5O2/c1-9-16(22(2)21-20-9)10-7-13-15(18-8-10)14-11(17(23)24-3)5-4-6-12(14)19-13/h4-8,19H,1-3H3. The molecule has 0 unspecified atom stereocenters. The summed E-state index contributed by atoms with van der Waals surface area (Å²) in [5.41, 5.74) is 5.60. The van der Waals surface area contributed by atoms with Crippen LogP contribution in [-0.4, -0.2) is 38.0 Å². The lowest BCUT2D eigenvalue weighted by Crippen LogP contribution is -2.01. The van der Waals surface area contributed by atoms with Crippen molar-refractivity contribution in [2.75, 3.05) is 7.11 Å². The van der Waals surface area contributed by atoms with Crippen molar-refractivity contribution in [3.8, 4) is 11.3 Å². The third-order valence-electron chi connectivity index (χ3n) is 4.13. The van der Waals surface area contributed by atoms with Crippen LogP contribution in [0, 0.1) is 6.92 Å². The van der Waals surface area contributed by atoms with Crippen molar-refractivity contribution in [1.29, 1.82) is 0 Å². The zero-order chi connectivity index (χ0) is 16.8. The third kappa shape index (κ3) is 1.98. The van der Waals surface area contributed by atoms with Crippen LogP contribution in [0.1, 0.15) is 16.1 Å². The van der Waals surface area contributed by atoms with Crippen LogP contribution < -0.4 is 0 Å². The Balaban J connectivity index is 2.00. The fourth-order valence-corrected chi connectivity index (χ4v) is 3.08. The van der Waals surface area contributed by atoms with E-state index in [2.05, 4.69) is 20.3 Å². The van der Waals surface area contributed by atoms with Crippen LogP contribution in [0.4, 0.5) is 0 Å². The van der Waals surface area contributed by atoms with Gasteiger partial charge in [-0.1, -0.05) is 11.3 Å². The number of carbonyl (C=O) groups excluding carboxylic acids is 1. The number of benzene rings is 1. The van der Waals surface area contributed by atoms with E-state index >= 15 is 0 Å². The average Bonchev–Trinajstić information content (AvgIpc) is 3.12. The number of aromatic amines is 1. The lowest BCUT2D eigenvalue weighted by Gasteiger charge is -2.03. The minimum Gasteiger partial charge on any atom is -0.465 e. The maximum Gasteiger partial charge on any atom is 0.338 e. The van der Waals surface area contributed by atoms with Gasteiger partial charge in [-0.15, -0.1) is 5.10 Å². The number of ether oxygens (including phenoxy) is 1. The first kappa shape index (κ1) is 14.4. The Morgan fingerprint density at radius 1 is 1.29 bits per heavy atom. The number of fused-ring (bicyclic) bond motifs is 3. The summed E-state index contributed by atoms with van der Waals surface area (Å²) >= 11 is 0. The predicted octanol–water partition coefficient (Wildman–Crippen LogP) is 2.61. The van der Waals surface area contributed by atoms with Gasteiger partial charge in [0.25, 0.3) is 0 Å². The molecule has 3 heterocycles. The first-order valence-electron chi connectivity index (χ1n) is 7.45. The molecule has 3 aromatic heterocycles. The molecule has 4 rings (SSSR count). The first-order chi connectivity index (χ1) is 11.6. The van der Waals surface area contributed by atoms with E-state index in [4.69, 9.17) is 4.74 Å². The number of carbonyl (C=O) groups is 1. The molecule has 0 spiro atoms. The van der Waals surface area contributed by atoms with Gasteiger partial charge in [-0.2, -0.15) is 0 Å². The monoisotopic (exact) mass is 321 g/mol. The third-order valence-corrected chi connectivity index (χ3v) is 4.13. The summed E-state index contributed by atoms with van der Waals surface area (Å²) in [6, 6.07) is 7.47. The number of aromatic nitrogens is 5. The van der Waals surface area contributed by atoms with Crippen LogP contribution in [0.3, 0.4) is 0 Å². The second-order valence-electron chi connectivity index (χ2n) is 5.61. The minimum atomic E-state index is -0.376. The Kier molecular flexibility index (Phi) is 3.09. The smallest absolute Gasteiger partial charge is 0.338 e. The van der Waals surface area contributed by atoms with Gasteiger partial charge < -0.3 is 9.72 Å². The lowest BCUT2D eigenvalue weighted by molar-refractivity contribution is 0.0603. The number of methoxy groups -OCH3 is 1. The Morgan fingerprint density at radius 2 is 2.12 bits per heavy atom. The molecule has 7 heteroatoms. The topological polar surface area (TPSA) is 85.7 Å². The summed E-state index contributed by atoms with van der Waals surface area (Å²) in [6.07, 6.45) is 1.77. The highest BCUT2D eigenvalue weighted by molar-refractivity contribution is 6.15. The van der Waals surface area contributed by atoms with Crippen LogP contribution in [-0.2, 0) is 11.8 Å². The van der Waals surface area contributed by atoms with Gasteiger partial charge >= 0.3 is 5.97 Å². The number of aryl methyl sites for hydroxylation is 2. The number of hydrogen-bond acceptors (Lipinski definition) is 5. The molecule has 0 fully saturated rings. The van der Waals surface area contributed by atoms with Crippen LogP contribution in [0.2, 0.25) is 0 Å². The molecule has 24 heavy (non-hydrogen) atoms. The molecular weight excluding hydrogens is 306 g/mol. The number of rotatable bonds is 2. The molecule has 1 N–H and O–H groups in total. The highest BCUT2D eigenvalue weighted by atomic mass is 16.5. The van der Waals surface area contributed by atoms with Crippen molar-refractivity contribution in [1.82, 2.24) is 25.0 Å². The molecular formula is C17H15N5O2. The van der Waals surface area contributed by atoms with Gasteiger partial charge in [-0.25, -0.2) is 9.48 Å². The molecule has 4 aromatic rings. The molecule has 0 radical (unpaired) electrons. The van der Waals surface area contributed by atoms with Gasteiger partial charge in [0.2, 0.25) is 0 Å². The van der Waals surface area contributed by atoms with Gasteiger partial charge in [0.05, 0.1) is 35.1 Å². The zero-order valence-electron chi connectivity index (χ0n) is 13.5. The first-order valence-corrected chi connectivity index (χ1v) is 7.45. The second-order valence-corrected chi connectivity index (χ2v) is 5.61. The molecule has 0 aliphatic carbocycles. The highest BCUT2D eigenvalue weighted by Gasteiger charge is 2.17. The molecule has 1 aromatic carbocycles. The SMILES string of the molecule is COC(=O)c1cccc2[nH]c3cc(-c4c(C)nnn4C)cnc3c12. The Labute approximate surface area is 137 Å². The summed E-state index contributed by atoms with van der Waals surface area (Å²) in [4.78, 5) is 19.9. The molecule has 0 atom stereocenters. The number of hydrogen-bond donors (Lipinski definition) is 1. The minimum absolute atomic E-state index is 0.376. The van der Waals surface area contributed by atoms with Gasteiger partial charge in [-0.3, -0.25) is 4.98 Å². The van der Waals surface area contributed by atoms with Gasteiger partial charge in [0.15, 0.2) is 0 Å². The molecule has 0 saturated carbocycles. The maximum absolute atomic E-state index is 12.0. The largest absolute Gasteiger partial charge is 0.465 e. The molecule has 0 aliphatic rings. The van der Waals surface area contributed by atoms with Crippen LogP contribution >= 0.6 is 0 Å². The fraction of sp³-hybridized carbons (Fsp3) is 0.176. The number of nitrogens with one attached hydrogen (secondary N) is 1. The molecule has 0 aliphatic heterocycles. The summed E-state index contributed by atoms with van der Waals surface area (Å²) < 4.78 is 6.60. The van der Waals surface area contributed by atoms with Crippen LogP contribution in [0.15, 0.2) is 30.5 Å².